The molecule has 0 aliphatic rings. The maximum atomic E-state index is 13.8. The fourth-order valence-electron chi connectivity index (χ4n) is 2.86. The Morgan fingerprint density at radius 1 is 0.939 bits per heavy atom. The van der Waals surface area contributed by atoms with E-state index in [4.69, 9.17) is 23.2 Å². The van der Waals surface area contributed by atoms with Crippen molar-refractivity contribution in [1.29, 1.82) is 0 Å². The van der Waals surface area contributed by atoms with Crippen LogP contribution in [0.25, 0.3) is 0 Å². The molecule has 172 valence electrons. The Morgan fingerprint density at radius 3 is 2.12 bits per heavy atom. The summed E-state index contributed by atoms with van der Waals surface area (Å²) < 4.78 is 68.0. The number of hydrogen-bond acceptors (Lipinski definition) is 3. The zero-order valence-corrected chi connectivity index (χ0v) is 19.3. The zero-order chi connectivity index (χ0) is 24.4. The smallest absolute Gasteiger partial charge is 0.366 e. The number of hydrogen-bond donors (Lipinski definition) is 1. The third-order valence-electron chi connectivity index (χ3n) is 4.75. The average Bonchev–Trinajstić information content (AvgIpc) is 2.78. The predicted molar refractivity (Wildman–Crippen MR) is 122 cm³/mol. The van der Waals surface area contributed by atoms with Crippen molar-refractivity contribution >= 4 is 38.9 Å². The Balaban J connectivity index is 1.99. The Morgan fingerprint density at radius 2 is 1.55 bits per heavy atom. The van der Waals surface area contributed by atoms with Gasteiger partial charge in [0, 0.05) is 23.2 Å². The van der Waals surface area contributed by atoms with Crippen LogP contribution in [0, 0.1) is 11.8 Å². The predicted octanol–water partition coefficient (Wildman–Crippen LogP) is 5.62. The molecule has 3 rings (SSSR count). The molecule has 3 aromatic carbocycles. The summed E-state index contributed by atoms with van der Waals surface area (Å²) in [6, 6.07) is 16.0. The average molecular weight is 514 g/mol. The number of rotatable bonds is 4. The maximum Gasteiger partial charge on any atom is 0.433 e. The lowest BCUT2D eigenvalue weighted by Gasteiger charge is -2.26. The summed E-state index contributed by atoms with van der Waals surface area (Å²) in [4.78, 5) is -0.260. The molecule has 10 heteroatoms. The van der Waals surface area contributed by atoms with Gasteiger partial charge < -0.3 is 5.11 Å². The van der Waals surface area contributed by atoms with E-state index in [9.17, 15) is 26.7 Å². The lowest BCUT2D eigenvalue weighted by molar-refractivity contribution is -0.240. The van der Waals surface area contributed by atoms with Gasteiger partial charge in [0.15, 0.2) is 0 Å². The molecule has 0 spiro atoms. The largest absolute Gasteiger partial charge is 0.433 e. The molecule has 3 aromatic rings. The second-order valence-electron chi connectivity index (χ2n) is 6.92. The number of benzene rings is 3. The van der Waals surface area contributed by atoms with Gasteiger partial charge in [0.2, 0.25) is 5.60 Å². The van der Waals surface area contributed by atoms with Gasteiger partial charge >= 0.3 is 6.18 Å². The van der Waals surface area contributed by atoms with Crippen molar-refractivity contribution in [3.8, 4) is 11.8 Å². The first kappa shape index (κ1) is 24.9. The third kappa shape index (κ3) is 5.12. The summed E-state index contributed by atoms with van der Waals surface area (Å²) in [5.74, 6) is 4.24. The van der Waals surface area contributed by atoms with Crippen LogP contribution in [0.15, 0.2) is 77.7 Å². The number of alkyl halides is 3. The molecule has 0 aromatic heterocycles. The minimum atomic E-state index is -5.11. The SMILES string of the molecule is CN(c1ccc(C(O)(C#Cc2ccccc2)C(F)(F)F)cc1)S(=O)(=O)c1cc(Cl)ccc1Cl. The summed E-state index contributed by atoms with van der Waals surface area (Å²) in [5.41, 5.74) is -3.69. The molecule has 0 aliphatic carbocycles. The van der Waals surface area contributed by atoms with E-state index in [1.807, 2.05) is 5.92 Å². The van der Waals surface area contributed by atoms with Crippen molar-refractivity contribution < 1.29 is 26.7 Å². The molecular formula is C23H16Cl2F3NO3S. The van der Waals surface area contributed by atoms with Gasteiger partial charge in [0.25, 0.3) is 10.0 Å². The molecule has 33 heavy (non-hydrogen) atoms. The molecule has 0 radical (unpaired) electrons. The minimum absolute atomic E-state index is 0.0373. The summed E-state index contributed by atoms with van der Waals surface area (Å²) in [7, 11) is -2.95. The van der Waals surface area contributed by atoms with Gasteiger partial charge in [0.05, 0.1) is 10.7 Å². The number of aliphatic hydroxyl groups is 1. The quantitative estimate of drug-likeness (QED) is 0.460. The van der Waals surface area contributed by atoms with Crippen LogP contribution in [0.5, 0.6) is 0 Å². The summed E-state index contributed by atoms with van der Waals surface area (Å²) in [5, 5.41) is 10.5. The maximum absolute atomic E-state index is 13.8. The monoisotopic (exact) mass is 513 g/mol. The Bertz CT molecular complexity index is 1320. The highest BCUT2D eigenvalue weighted by Crippen LogP contribution is 2.39. The third-order valence-corrected chi connectivity index (χ3v) is 7.25. The van der Waals surface area contributed by atoms with Gasteiger partial charge in [-0.3, -0.25) is 4.31 Å². The molecular weight excluding hydrogens is 498 g/mol. The van der Waals surface area contributed by atoms with E-state index in [-0.39, 0.29) is 20.6 Å². The van der Waals surface area contributed by atoms with Crippen LogP contribution in [0.3, 0.4) is 0 Å². The molecule has 0 amide bonds. The topological polar surface area (TPSA) is 57.6 Å². The van der Waals surface area contributed by atoms with Crippen molar-refractivity contribution in [2.24, 2.45) is 0 Å². The van der Waals surface area contributed by atoms with Gasteiger partial charge in [0.1, 0.15) is 4.90 Å². The van der Waals surface area contributed by atoms with E-state index >= 15 is 0 Å². The fraction of sp³-hybridized carbons (Fsp3) is 0.130. The molecule has 1 unspecified atom stereocenters. The van der Waals surface area contributed by atoms with Crippen LogP contribution in [0.1, 0.15) is 11.1 Å². The molecule has 4 nitrogen and oxygen atoms in total. The van der Waals surface area contributed by atoms with Gasteiger partial charge in [-0.2, -0.15) is 13.2 Å². The molecule has 0 aliphatic heterocycles. The van der Waals surface area contributed by atoms with Crippen molar-refractivity contribution in [2.75, 3.05) is 11.4 Å². The highest BCUT2D eigenvalue weighted by Gasteiger charge is 2.54. The van der Waals surface area contributed by atoms with E-state index in [1.54, 1.807) is 18.2 Å². The zero-order valence-electron chi connectivity index (χ0n) is 16.9. The van der Waals surface area contributed by atoms with Crippen LogP contribution < -0.4 is 4.31 Å². The van der Waals surface area contributed by atoms with E-state index < -0.39 is 27.4 Å². The van der Waals surface area contributed by atoms with Crippen LogP contribution in [0.4, 0.5) is 18.9 Å². The lowest BCUT2D eigenvalue weighted by Crippen LogP contribution is -2.41. The lowest BCUT2D eigenvalue weighted by atomic mass is 9.93. The molecule has 0 heterocycles. The summed E-state index contributed by atoms with van der Waals surface area (Å²) in [6.45, 7) is 0. The van der Waals surface area contributed by atoms with Crippen molar-refractivity contribution in [1.82, 2.24) is 0 Å². The highest BCUT2D eigenvalue weighted by atomic mass is 35.5. The fourth-order valence-corrected chi connectivity index (χ4v) is 4.80. The summed E-state index contributed by atoms with van der Waals surface area (Å²) in [6.07, 6.45) is -5.11. The standard InChI is InChI=1S/C23H16Cl2F3NO3S/c1-29(33(31,32)21-15-18(24)9-12-20(21)25)19-10-7-17(8-11-19)22(30,23(26,27)28)14-13-16-5-3-2-4-6-16/h2-12,15,30H,1H3. The van der Waals surface area contributed by atoms with E-state index in [2.05, 4.69) is 5.92 Å². The first-order chi connectivity index (χ1) is 15.4. The van der Waals surface area contributed by atoms with E-state index in [0.717, 1.165) is 28.6 Å². The Hall–Kier alpha value is -2.70. The van der Waals surface area contributed by atoms with Gasteiger partial charge in [-0.05, 0) is 48.4 Å². The molecule has 0 saturated heterocycles. The molecule has 0 bridgehead atoms. The number of sulfonamides is 1. The minimum Gasteiger partial charge on any atom is -0.366 e. The van der Waals surface area contributed by atoms with Crippen LogP contribution in [-0.2, 0) is 15.6 Å². The second kappa shape index (κ2) is 9.27. The summed E-state index contributed by atoms with van der Waals surface area (Å²) >= 11 is 11.9. The van der Waals surface area contributed by atoms with Gasteiger partial charge in [-0.1, -0.05) is 59.5 Å². The van der Waals surface area contributed by atoms with Crippen molar-refractivity contribution in [3.05, 3.63) is 94.0 Å². The number of anilines is 1. The van der Waals surface area contributed by atoms with Crippen molar-refractivity contribution in [2.45, 2.75) is 16.7 Å². The number of nitrogens with zero attached hydrogens (tertiary/aromatic N) is 1. The first-order valence-corrected chi connectivity index (χ1v) is 11.5. The van der Waals surface area contributed by atoms with E-state index in [1.165, 1.54) is 37.4 Å². The van der Waals surface area contributed by atoms with Crippen LogP contribution in [0.2, 0.25) is 10.0 Å². The van der Waals surface area contributed by atoms with Crippen LogP contribution >= 0.6 is 23.2 Å². The molecule has 1 N–H and O–H groups in total. The highest BCUT2D eigenvalue weighted by molar-refractivity contribution is 7.93. The molecule has 0 fully saturated rings. The van der Waals surface area contributed by atoms with Crippen LogP contribution in [-0.4, -0.2) is 26.7 Å². The first-order valence-electron chi connectivity index (χ1n) is 9.28. The van der Waals surface area contributed by atoms with E-state index in [0.29, 0.717) is 5.56 Å². The number of halogens is 5. The second-order valence-corrected chi connectivity index (χ2v) is 9.70. The van der Waals surface area contributed by atoms with Gasteiger partial charge in [-0.15, -0.1) is 0 Å². The Kier molecular flexibility index (Phi) is 7.01. The van der Waals surface area contributed by atoms with Gasteiger partial charge in [-0.25, -0.2) is 8.42 Å². The Labute approximate surface area is 199 Å². The molecule has 1 atom stereocenters. The molecule has 0 saturated carbocycles. The normalized spacial score (nSPS) is 13.5. The van der Waals surface area contributed by atoms with Crippen molar-refractivity contribution in [3.63, 3.8) is 0 Å².